The maximum absolute atomic E-state index is 4.29. The molecule has 19 heavy (non-hydrogen) atoms. The van der Waals surface area contributed by atoms with Crippen LogP contribution in [0.3, 0.4) is 0 Å². The van der Waals surface area contributed by atoms with Gasteiger partial charge in [-0.15, -0.1) is 0 Å². The maximum Gasteiger partial charge on any atom is 0.163 e. The van der Waals surface area contributed by atoms with Crippen molar-refractivity contribution in [2.45, 2.75) is 6.92 Å². The highest BCUT2D eigenvalue weighted by Gasteiger charge is 2.08. The molecule has 2 heterocycles. The number of aromatic nitrogens is 4. The lowest BCUT2D eigenvalue weighted by Gasteiger charge is -2.09. The van der Waals surface area contributed by atoms with Gasteiger partial charge in [0, 0.05) is 17.2 Å². The van der Waals surface area contributed by atoms with Crippen molar-refractivity contribution >= 4 is 38.5 Å². The molecule has 3 aromatic rings. The first-order valence-corrected chi connectivity index (χ1v) is 6.60. The van der Waals surface area contributed by atoms with E-state index in [0.717, 1.165) is 32.6 Å². The molecule has 0 unspecified atom stereocenters. The fourth-order valence-corrected chi connectivity index (χ4v) is 2.43. The number of aryl methyl sites for hydroxylation is 2. The van der Waals surface area contributed by atoms with Crippen LogP contribution in [-0.4, -0.2) is 19.7 Å². The van der Waals surface area contributed by atoms with Crippen LogP contribution in [-0.2, 0) is 7.05 Å². The van der Waals surface area contributed by atoms with E-state index in [1.54, 1.807) is 17.2 Å². The normalized spacial score (nSPS) is 10.9. The average molecular weight is 318 g/mol. The molecule has 3 rings (SSSR count). The van der Waals surface area contributed by atoms with E-state index < -0.39 is 0 Å². The van der Waals surface area contributed by atoms with E-state index in [4.69, 9.17) is 0 Å². The van der Waals surface area contributed by atoms with E-state index in [-0.39, 0.29) is 0 Å². The molecule has 0 atom stereocenters. The van der Waals surface area contributed by atoms with Gasteiger partial charge in [-0.05, 0) is 30.7 Å². The molecule has 0 saturated carbocycles. The zero-order valence-electron chi connectivity index (χ0n) is 10.6. The number of hydrogen-bond acceptors (Lipinski definition) is 4. The van der Waals surface area contributed by atoms with Gasteiger partial charge in [0.05, 0.1) is 11.6 Å². The van der Waals surface area contributed by atoms with E-state index >= 15 is 0 Å². The standard InChI is InChI=1S/C13H12BrN5/c1-8-5-9(14)3-4-11(8)18-12-10-6-17-19(2)13(10)16-7-15-12/h3-7H,1-2H3,(H,15,16,18). The second-order valence-corrected chi connectivity index (χ2v) is 5.23. The average Bonchev–Trinajstić information content (AvgIpc) is 2.76. The summed E-state index contributed by atoms with van der Waals surface area (Å²) >= 11 is 3.46. The Kier molecular flexibility index (Phi) is 2.94. The van der Waals surface area contributed by atoms with Crippen molar-refractivity contribution in [3.05, 3.63) is 40.8 Å². The molecule has 0 saturated heterocycles. The van der Waals surface area contributed by atoms with Gasteiger partial charge in [-0.25, -0.2) is 9.97 Å². The monoisotopic (exact) mass is 317 g/mol. The van der Waals surface area contributed by atoms with Crippen LogP contribution in [0.2, 0.25) is 0 Å². The third-order valence-electron chi connectivity index (χ3n) is 2.97. The van der Waals surface area contributed by atoms with Crippen molar-refractivity contribution < 1.29 is 0 Å². The van der Waals surface area contributed by atoms with Crippen molar-refractivity contribution in [3.8, 4) is 0 Å². The van der Waals surface area contributed by atoms with Gasteiger partial charge in [0.15, 0.2) is 5.65 Å². The van der Waals surface area contributed by atoms with Gasteiger partial charge in [-0.2, -0.15) is 5.10 Å². The third-order valence-corrected chi connectivity index (χ3v) is 3.46. The molecule has 0 fully saturated rings. The fourth-order valence-electron chi connectivity index (χ4n) is 1.96. The summed E-state index contributed by atoms with van der Waals surface area (Å²) in [5.41, 5.74) is 2.98. The highest BCUT2D eigenvalue weighted by Crippen LogP contribution is 2.26. The van der Waals surface area contributed by atoms with Crippen molar-refractivity contribution in [1.82, 2.24) is 19.7 Å². The minimum atomic E-state index is 0.767. The Labute approximate surface area is 118 Å². The van der Waals surface area contributed by atoms with Crippen LogP contribution in [0.15, 0.2) is 35.2 Å². The highest BCUT2D eigenvalue weighted by atomic mass is 79.9. The van der Waals surface area contributed by atoms with Crippen molar-refractivity contribution in [3.63, 3.8) is 0 Å². The molecule has 0 aliphatic heterocycles. The number of halogens is 1. The van der Waals surface area contributed by atoms with Gasteiger partial charge in [-0.1, -0.05) is 15.9 Å². The van der Waals surface area contributed by atoms with Crippen molar-refractivity contribution in [2.24, 2.45) is 7.05 Å². The van der Waals surface area contributed by atoms with Gasteiger partial charge in [-0.3, -0.25) is 4.68 Å². The predicted molar refractivity (Wildman–Crippen MR) is 78.5 cm³/mol. The number of benzene rings is 1. The first-order valence-electron chi connectivity index (χ1n) is 5.81. The number of hydrogen-bond donors (Lipinski definition) is 1. The molecule has 0 spiro atoms. The lowest BCUT2D eigenvalue weighted by atomic mass is 10.2. The second-order valence-electron chi connectivity index (χ2n) is 4.31. The highest BCUT2D eigenvalue weighted by molar-refractivity contribution is 9.10. The summed E-state index contributed by atoms with van der Waals surface area (Å²) in [6.45, 7) is 2.05. The molecule has 0 aliphatic rings. The molecular formula is C13H12BrN5. The summed E-state index contributed by atoms with van der Waals surface area (Å²) in [5.74, 6) is 0.767. The lowest BCUT2D eigenvalue weighted by molar-refractivity contribution is 0.785. The molecule has 1 N–H and O–H groups in total. The molecule has 0 radical (unpaired) electrons. The zero-order chi connectivity index (χ0) is 13.4. The third kappa shape index (κ3) is 2.19. The molecule has 0 amide bonds. The smallest absolute Gasteiger partial charge is 0.163 e. The fraction of sp³-hybridized carbons (Fsp3) is 0.154. The number of rotatable bonds is 2. The quantitative estimate of drug-likeness (QED) is 0.788. The Morgan fingerprint density at radius 3 is 2.89 bits per heavy atom. The molecule has 2 aromatic heterocycles. The van der Waals surface area contributed by atoms with Crippen LogP contribution >= 0.6 is 15.9 Å². The van der Waals surface area contributed by atoms with Crippen LogP contribution in [0.1, 0.15) is 5.56 Å². The lowest BCUT2D eigenvalue weighted by Crippen LogP contribution is -1.98. The first-order chi connectivity index (χ1) is 9.15. The van der Waals surface area contributed by atoms with Crippen molar-refractivity contribution in [1.29, 1.82) is 0 Å². The summed E-state index contributed by atoms with van der Waals surface area (Å²) in [6.07, 6.45) is 3.31. The van der Waals surface area contributed by atoms with Crippen LogP contribution in [0, 0.1) is 6.92 Å². The summed E-state index contributed by atoms with van der Waals surface area (Å²) in [5, 5.41) is 8.44. The predicted octanol–water partition coefficient (Wildman–Crippen LogP) is 3.18. The largest absolute Gasteiger partial charge is 0.339 e. The van der Waals surface area contributed by atoms with Crippen LogP contribution in [0.5, 0.6) is 0 Å². The number of nitrogens with one attached hydrogen (secondary N) is 1. The number of nitrogens with zero attached hydrogens (tertiary/aromatic N) is 4. The Bertz CT molecular complexity index is 750. The molecule has 1 aromatic carbocycles. The minimum Gasteiger partial charge on any atom is -0.339 e. The molecule has 5 nitrogen and oxygen atoms in total. The molecular weight excluding hydrogens is 306 g/mol. The van der Waals surface area contributed by atoms with E-state index in [0.29, 0.717) is 0 Å². The van der Waals surface area contributed by atoms with Crippen LogP contribution in [0.4, 0.5) is 11.5 Å². The Morgan fingerprint density at radius 2 is 2.11 bits per heavy atom. The van der Waals surface area contributed by atoms with Gasteiger partial charge in [0.25, 0.3) is 0 Å². The van der Waals surface area contributed by atoms with Crippen LogP contribution in [0.25, 0.3) is 11.0 Å². The SMILES string of the molecule is Cc1cc(Br)ccc1Nc1ncnc2c1cnn2C. The Balaban J connectivity index is 2.06. The van der Waals surface area contributed by atoms with E-state index in [2.05, 4.69) is 49.3 Å². The van der Waals surface area contributed by atoms with Gasteiger partial charge >= 0.3 is 0 Å². The van der Waals surface area contributed by atoms with Gasteiger partial charge in [0.2, 0.25) is 0 Å². The summed E-state index contributed by atoms with van der Waals surface area (Å²) in [7, 11) is 1.87. The van der Waals surface area contributed by atoms with E-state index in [1.165, 1.54) is 0 Å². The minimum absolute atomic E-state index is 0.767. The van der Waals surface area contributed by atoms with Gasteiger partial charge < -0.3 is 5.32 Å². The number of anilines is 2. The molecule has 0 bridgehead atoms. The molecule has 0 aliphatic carbocycles. The first kappa shape index (κ1) is 12.1. The van der Waals surface area contributed by atoms with E-state index in [1.807, 2.05) is 19.2 Å². The Hall–Kier alpha value is -1.95. The molecule has 6 heteroatoms. The van der Waals surface area contributed by atoms with Crippen LogP contribution < -0.4 is 5.32 Å². The zero-order valence-corrected chi connectivity index (χ0v) is 12.1. The van der Waals surface area contributed by atoms with Gasteiger partial charge in [0.1, 0.15) is 12.1 Å². The molecule has 96 valence electrons. The number of fused-ring (bicyclic) bond motifs is 1. The second kappa shape index (κ2) is 4.62. The van der Waals surface area contributed by atoms with E-state index in [9.17, 15) is 0 Å². The van der Waals surface area contributed by atoms with Crippen molar-refractivity contribution in [2.75, 3.05) is 5.32 Å². The Morgan fingerprint density at radius 1 is 1.26 bits per heavy atom. The summed E-state index contributed by atoms with van der Waals surface area (Å²) in [6, 6.07) is 6.07. The topological polar surface area (TPSA) is 55.6 Å². The summed E-state index contributed by atoms with van der Waals surface area (Å²) < 4.78 is 2.79. The summed E-state index contributed by atoms with van der Waals surface area (Å²) in [4.78, 5) is 8.51. The maximum atomic E-state index is 4.29.